The molecule has 0 unspecified atom stereocenters. The number of carbonyl (C=O) groups excluding carboxylic acids is 1. The fourth-order valence-corrected chi connectivity index (χ4v) is 3.14. The van der Waals surface area contributed by atoms with Crippen LogP contribution in [-0.4, -0.2) is 5.91 Å². The van der Waals surface area contributed by atoms with Crippen LogP contribution in [0.4, 0.5) is 5.69 Å². The summed E-state index contributed by atoms with van der Waals surface area (Å²) in [4.78, 5) is 12.4. The fourth-order valence-electron chi connectivity index (χ4n) is 2.37. The standard InChI is InChI=1S/C17H18BrNO/c1-10-5-11(2)8-14(7-10)17(20)19-16-13(4)6-12(3)9-15(16)18/h5-9H,1-4H3,(H,19,20). The van der Waals surface area contributed by atoms with E-state index in [4.69, 9.17) is 0 Å². The molecule has 0 aliphatic heterocycles. The molecule has 0 spiro atoms. The van der Waals surface area contributed by atoms with Crippen molar-refractivity contribution in [2.75, 3.05) is 5.32 Å². The highest BCUT2D eigenvalue weighted by Gasteiger charge is 2.11. The molecule has 2 rings (SSSR count). The topological polar surface area (TPSA) is 29.1 Å². The Morgan fingerprint density at radius 3 is 2.00 bits per heavy atom. The van der Waals surface area contributed by atoms with Crippen molar-refractivity contribution in [2.45, 2.75) is 27.7 Å². The average Bonchev–Trinajstić information content (AvgIpc) is 2.32. The highest BCUT2D eigenvalue weighted by atomic mass is 79.9. The van der Waals surface area contributed by atoms with Crippen LogP contribution in [0.1, 0.15) is 32.6 Å². The van der Waals surface area contributed by atoms with Gasteiger partial charge in [0.15, 0.2) is 0 Å². The number of carbonyl (C=O) groups is 1. The number of hydrogen-bond acceptors (Lipinski definition) is 1. The van der Waals surface area contributed by atoms with E-state index in [2.05, 4.69) is 33.4 Å². The van der Waals surface area contributed by atoms with E-state index in [1.54, 1.807) is 0 Å². The summed E-state index contributed by atoms with van der Waals surface area (Å²) in [6.07, 6.45) is 0. The van der Waals surface area contributed by atoms with E-state index in [0.29, 0.717) is 5.56 Å². The Morgan fingerprint density at radius 1 is 0.900 bits per heavy atom. The zero-order chi connectivity index (χ0) is 14.9. The maximum Gasteiger partial charge on any atom is 0.255 e. The second-order valence-corrected chi connectivity index (χ2v) is 6.12. The Hall–Kier alpha value is -1.61. The summed E-state index contributed by atoms with van der Waals surface area (Å²) in [5.74, 6) is -0.0792. The molecule has 0 bridgehead atoms. The number of benzene rings is 2. The fraction of sp³-hybridized carbons (Fsp3) is 0.235. The molecule has 104 valence electrons. The van der Waals surface area contributed by atoms with Crippen molar-refractivity contribution < 1.29 is 4.79 Å². The molecule has 2 aromatic carbocycles. The summed E-state index contributed by atoms with van der Waals surface area (Å²) in [6.45, 7) is 8.02. The molecule has 0 aliphatic rings. The third-order valence-electron chi connectivity index (χ3n) is 3.15. The number of nitrogens with one attached hydrogen (secondary N) is 1. The number of amides is 1. The summed E-state index contributed by atoms with van der Waals surface area (Å²) in [7, 11) is 0. The number of aryl methyl sites for hydroxylation is 4. The summed E-state index contributed by atoms with van der Waals surface area (Å²) < 4.78 is 0.910. The van der Waals surface area contributed by atoms with Crippen LogP contribution in [0.15, 0.2) is 34.8 Å². The molecule has 3 heteroatoms. The summed E-state index contributed by atoms with van der Waals surface area (Å²) in [5.41, 5.74) is 5.92. The molecule has 0 atom stereocenters. The minimum Gasteiger partial charge on any atom is -0.321 e. The van der Waals surface area contributed by atoms with E-state index in [9.17, 15) is 4.79 Å². The van der Waals surface area contributed by atoms with Crippen LogP contribution >= 0.6 is 15.9 Å². The first-order valence-corrected chi connectivity index (χ1v) is 7.32. The monoisotopic (exact) mass is 331 g/mol. The molecule has 0 aliphatic carbocycles. The Balaban J connectivity index is 2.32. The first-order valence-electron chi connectivity index (χ1n) is 6.53. The maximum absolute atomic E-state index is 12.4. The van der Waals surface area contributed by atoms with Crippen LogP contribution < -0.4 is 5.32 Å². The van der Waals surface area contributed by atoms with Gasteiger partial charge in [0.05, 0.1) is 5.69 Å². The zero-order valence-corrected chi connectivity index (χ0v) is 13.8. The lowest BCUT2D eigenvalue weighted by molar-refractivity contribution is 0.102. The lowest BCUT2D eigenvalue weighted by Gasteiger charge is -2.12. The van der Waals surface area contributed by atoms with Gasteiger partial charge < -0.3 is 5.32 Å². The Labute approximate surface area is 128 Å². The van der Waals surface area contributed by atoms with Crippen molar-refractivity contribution in [3.63, 3.8) is 0 Å². The van der Waals surface area contributed by atoms with Crippen molar-refractivity contribution >= 4 is 27.5 Å². The predicted octanol–water partition coefficient (Wildman–Crippen LogP) is 4.94. The molecule has 0 heterocycles. The third-order valence-corrected chi connectivity index (χ3v) is 3.78. The van der Waals surface area contributed by atoms with Crippen molar-refractivity contribution in [2.24, 2.45) is 0 Å². The highest BCUT2D eigenvalue weighted by molar-refractivity contribution is 9.10. The van der Waals surface area contributed by atoms with Crippen molar-refractivity contribution in [3.8, 4) is 0 Å². The van der Waals surface area contributed by atoms with Gasteiger partial charge in [-0.15, -0.1) is 0 Å². The molecule has 1 amide bonds. The lowest BCUT2D eigenvalue weighted by atomic mass is 10.1. The van der Waals surface area contributed by atoms with E-state index >= 15 is 0 Å². The number of rotatable bonds is 2. The molecule has 2 nitrogen and oxygen atoms in total. The predicted molar refractivity (Wildman–Crippen MR) is 87.5 cm³/mol. The molecule has 2 aromatic rings. The second kappa shape index (κ2) is 5.80. The van der Waals surface area contributed by atoms with Crippen LogP contribution in [0.25, 0.3) is 0 Å². The van der Waals surface area contributed by atoms with Crippen LogP contribution in [0.5, 0.6) is 0 Å². The Morgan fingerprint density at radius 2 is 1.45 bits per heavy atom. The van der Waals surface area contributed by atoms with Crippen LogP contribution in [0.3, 0.4) is 0 Å². The smallest absolute Gasteiger partial charge is 0.255 e. The lowest BCUT2D eigenvalue weighted by Crippen LogP contribution is -2.13. The van der Waals surface area contributed by atoms with Crippen molar-refractivity contribution in [3.05, 3.63) is 62.6 Å². The first kappa shape index (κ1) is 14.8. The van der Waals surface area contributed by atoms with Crippen LogP contribution in [-0.2, 0) is 0 Å². The number of halogens is 1. The summed E-state index contributed by atoms with van der Waals surface area (Å²) >= 11 is 3.51. The van der Waals surface area contributed by atoms with E-state index in [1.807, 2.05) is 45.9 Å². The summed E-state index contributed by atoms with van der Waals surface area (Å²) in [6, 6.07) is 9.93. The van der Waals surface area contributed by atoms with Gasteiger partial charge in [-0.1, -0.05) is 23.3 Å². The van der Waals surface area contributed by atoms with Gasteiger partial charge in [-0.25, -0.2) is 0 Å². The minimum atomic E-state index is -0.0792. The molecule has 0 radical (unpaired) electrons. The first-order chi connectivity index (χ1) is 9.36. The van der Waals surface area contributed by atoms with Gasteiger partial charge in [-0.2, -0.15) is 0 Å². The second-order valence-electron chi connectivity index (χ2n) is 5.27. The normalized spacial score (nSPS) is 10.4. The molecular formula is C17H18BrNO. The summed E-state index contributed by atoms with van der Waals surface area (Å²) in [5, 5.41) is 2.99. The quantitative estimate of drug-likeness (QED) is 0.830. The van der Waals surface area contributed by atoms with Crippen LogP contribution in [0, 0.1) is 27.7 Å². The van der Waals surface area contributed by atoms with Gasteiger partial charge in [0.1, 0.15) is 0 Å². The highest BCUT2D eigenvalue weighted by Crippen LogP contribution is 2.28. The Bertz CT molecular complexity index is 633. The van der Waals surface area contributed by atoms with E-state index in [-0.39, 0.29) is 5.91 Å². The van der Waals surface area contributed by atoms with Gasteiger partial charge in [-0.3, -0.25) is 4.79 Å². The minimum absolute atomic E-state index is 0.0792. The number of anilines is 1. The molecule has 0 aromatic heterocycles. The van der Waals surface area contributed by atoms with Gasteiger partial charge in [-0.05, 0) is 73.0 Å². The SMILES string of the molecule is Cc1cc(C)cc(C(=O)Nc2c(C)cc(C)cc2Br)c1. The van der Waals surface area contributed by atoms with Crippen LogP contribution in [0.2, 0.25) is 0 Å². The van der Waals surface area contributed by atoms with Gasteiger partial charge in [0, 0.05) is 10.0 Å². The van der Waals surface area contributed by atoms with E-state index in [0.717, 1.165) is 26.9 Å². The van der Waals surface area contributed by atoms with Gasteiger partial charge in [0.2, 0.25) is 0 Å². The maximum atomic E-state index is 12.4. The molecule has 0 fully saturated rings. The van der Waals surface area contributed by atoms with Gasteiger partial charge >= 0.3 is 0 Å². The third kappa shape index (κ3) is 3.28. The van der Waals surface area contributed by atoms with Crippen molar-refractivity contribution in [1.29, 1.82) is 0 Å². The van der Waals surface area contributed by atoms with E-state index < -0.39 is 0 Å². The molecule has 1 N–H and O–H groups in total. The molecule has 20 heavy (non-hydrogen) atoms. The largest absolute Gasteiger partial charge is 0.321 e. The number of hydrogen-bond donors (Lipinski definition) is 1. The van der Waals surface area contributed by atoms with Crippen molar-refractivity contribution in [1.82, 2.24) is 0 Å². The van der Waals surface area contributed by atoms with Gasteiger partial charge in [0.25, 0.3) is 5.91 Å². The molecule has 0 saturated carbocycles. The zero-order valence-electron chi connectivity index (χ0n) is 12.2. The Kier molecular flexibility index (Phi) is 4.29. The molecule has 0 saturated heterocycles. The molecular weight excluding hydrogens is 314 g/mol. The van der Waals surface area contributed by atoms with E-state index in [1.165, 1.54) is 5.56 Å². The average molecular weight is 332 g/mol.